The molecule has 4 aliphatic rings. The number of ketones is 1. The number of aryl methyl sites for hydroxylation is 1. The highest BCUT2D eigenvalue weighted by Crippen LogP contribution is 2.65. The zero-order chi connectivity index (χ0) is 37.5. The number of nitrogens with zero attached hydrogens (tertiary/aromatic N) is 2. The second-order valence-corrected chi connectivity index (χ2v) is 14.9. The Balaban J connectivity index is 1.25. The SMILES string of the molecule is CC(=O)c1ccc(N2C(=O)C3CC=C4C(CC5C(=O)N(Nc6ccc(C)cc6)C(=O)C5(c5ccccc5)C4c4ccc(O)c5ccccc45)C3C2=O)cc1. The predicted molar refractivity (Wildman–Crippen MR) is 203 cm³/mol. The van der Waals surface area contributed by atoms with Crippen molar-refractivity contribution in [2.45, 2.75) is 38.0 Å². The number of hydrazine groups is 1. The molecule has 1 saturated carbocycles. The summed E-state index contributed by atoms with van der Waals surface area (Å²) in [4.78, 5) is 72.5. The zero-order valence-electron chi connectivity index (χ0n) is 29.7. The highest BCUT2D eigenvalue weighted by atomic mass is 16.3. The van der Waals surface area contributed by atoms with Gasteiger partial charge in [-0.15, -0.1) is 0 Å². The molecule has 268 valence electrons. The number of fused-ring (bicyclic) bond motifs is 5. The lowest BCUT2D eigenvalue weighted by molar-refractivity contribution is -0.138. The molecule has 4 amide bonds. The van der Waals surface area contributed by atoms with Crippen LogP contribution in [0.1, 0.15) is 52.7 Å². The number of hydrogen-bond donors (Lipinski definition) is 2. The van der Waals surface area contributed by atoms with Crippen molar-refractivity contribution in [2.75, 3.05) is 10.3 Å². The number of aromatic hydroxyl groups is 1. The van der Waals surface area contributed by atoms with Gasteiger partial charge in [0.1, 0.15) is 5.75 Å². The first-order valence-corrected chi connectivity index (χ1v) is 18.3. The minimum absolute atomic E-state index is 0.0872. The van der Waals surface area contributed by atoms with Crippen LogP contribution in [0.2, 0.25) is 0 Å². The van der Waals surface area contributed by atoms with Gasteiger partial charge in [-0.3, -0.25) is 34.3 Å². The Hall–Kier alpha value is -6.35. The summed E-state index contributed by atoms with van der Waals surface area (Å²) in [5.74, 6) is -5.15. The van der Waals surface area contributed by atoms with E-state index in [-0.39, 0.29) is 36.2 Å². The molecule has 2 aliphatic heterocycles. The van der Waals surface area contributed by atoms with E-state index in [1.54, 1.807) is 30.3 Å². The number of rotatable bonds is 6. The first kappa shape index (κ1) is 33.5. The van der Waals surface area contributed by atoms with Gasteiger partial charge < -0.3 is 5.11 Å². The first-order chi connectivity index (χ1) is 26.1. The zero-order valence-corrected chi connectivity index (χ0v) is 29.7. The smallest absolute Gasteiger partial charge is 0.260 e. The highest BCUT2D eigenvalue weighted by Gasteiger charge is 2.70. The lowest BCUT2D eigenvalue weighted by Gasteiger charge is -2.51. The molecule has 9 nitrogen and oxygen atoms in total. The number of carbonyl (C=O) groups is 5. The van der Waals surface area contributed by atoms with E-state index in [0.29, 0.717) is 27.9 Å². The number of carbonyl (C=O) groups excluding carboxylic acids is 5. The van der Waals surface area contributed by atoms with Crippen LogP contribution in [0.4, 0.5) is 11.4 Å². The summed E-state index contributed by atoms with van der Waals surface area (Å²) in [6, 6.07) is 34.2. The maximum atomic E-state index is 15.5. The molecule has 5 aromatic rings. The number of allylic oxidation sites excluding steroid dienone is 2. The van der Waals surface area contributed by atoms with Crippen molar-refractivity contribution in [3.8, 4) is 5.75 Å². The summed E-state index contributed by atoms with van der Waals surface area (Å²) in [5.41, 5.74) is 6.44. The molecule has 6 unspecified atom stereocenters. The first-order valence-electron chi connectivity index (χ1n) is 18.3. The fraction of sp³-hybridized carbons (Fsp3) is 0.222. The Bertz CT molecular complexity index is 2440. The number of phenols is 1. The predicted octanol–water partition coefficient (Wildman–Crippen LogP) is 7.25. The van der Waals surface area contributed by atoms with Crippen LogP contribution < -0.4 is 10.3 Å². The van der Waals surface area contributed by atoms with Gasteiger partial charge in [0, 0.05) is 16.9 Å². The Morgan fingerprint density at radius 1 is 0.759 bits per heavy atom. The molecule has 0 aromatic heterocycles. The number of hydrogen-bond acceptors (Lipinski definition) is 7. The van der Waals surface area contributed by atoms with Gasteiger partial charge in [-0.25, -0.2) is 0 Å². The van der Waals surface area contributed by atoms with Gasteiger partial charge >= 0.3 is 0 Å². The van der Waals surface area contributed by atoms with Crippen molar-refractivity contribution in [1.82, 2.24) is 5.01 Å². The van der Waals surface area contributed by atoms with Crippen molar-refractivity contribution in [3.63, 3.8) is 0 Å². The van der Waals surface area contributed by atoms with Crippen molar-refractivity contribution in [3.05, 3.63) is 149 Å². The van der Waals surface area contributed by atoms with E-state index in [4.69, 9.17) is 0 Å². The van der Waals surface area contributed by atoms with Crippen molar-refractivity contribution in [1.29, 1.82) is 0 Å². The van der Waals surface area contributed by atoms with Crippen LogP contribution in [0, 0.1) is 30.6 Å². The van der Waals surface area contributed by atoms with Gasteiger partial charge in [0.25, 0.3) is 11.8 Å². The summed E-state index contributed by atoms with van der Waals surface area (Å²) >= 11 is 0. The number of nitrogens with one attached hydrogen (secondary N) is 1. The van der Waals surface area contributed by atoms with E-state index < -0.39 is 46.8 Å². The fourth-order valence-corrected chi connectivity index (χ4v) is 9.75. The largest absolute Gasteiger partial charge is 0.507 e. The molecular formula is C45H37N3O6. The second kappa shape index (κ2) is 12.4. The molecular weight excluding hydrogens is 679 g/mol. The number of Topliss-reactive ketones (excluding diaryl/α,β-unsaturated/α-hetero) is 1. The third-order valence-electron chi connectivity index (χ3n) is 12.2. The van der Waals surface area contributed by atoms with Crippen LogP contribution in [0.5, 0.6) is 5.75 Å². The van der Waals surface area contributed by atoms with Gasteiger partial charge in [-0.2, -0.15) is 5.01 Å². The summed E-state index contributed by atoms with van der Waals surface area (Å²) in [6.07, 6.45) is 2.47. The van der Waals surface area contributed by atoms with Crippen molar-refractivity contribution in [2.24, 2.45) is 23.7 Å². The molecule has 54 heavy (non-hydrogen) atoms. The molecule has 9 heteroatoms. The van der Waals surface area contributed by atoms with E-state index in [2.05, 4.69) is 5.43 Å². The summed E-state index contributed by atoms with van der Waals surface area (Å²) < 4.78 is 0. The van der Waals surface area contributed by atoms with Crippen LogP contribution in [-0.2, 0) is 24.6 Å². The molecule has 0 spiro atoms. The van der Waals surface area contributed by atoms with Crippen LogP contribution in [0.25, 0.3) is 10.8 Å². The third-order valence-corrected chi connectivity index (χ3v) is 12.2. The Morgan fingerprint density at radius 2 is 1.44 bits per heavy atom. The molecule has 2 aliphatic carbocycles. The minimum Gasteiger partial charge on any atom is -0.507 e. The topological polar surface area (TPSA) is 124 Å². The molecule has 0 radical (unpaired) electrons. The molecule has 6 atom stereocenters. The molecule has 9 rings (SSSR count). The van der Waals surface area contributed by atoms with Gasteiger partial charge in [0.05, 0.1) is 34.5 Å². The summed E-state index contributed by atoms with van der Waals surface area (Å²) in [7, 11) is 0. The van der Waals surface area contributed by atoms with Crippen LogP contribution in [-0.4, -0.2) is 39.5 Å². The van der Waals surface area contributed by atoms with Crippen LogP contribution in [0.3, 0.4) is 0 Å². The third kappa shape index (κ3) is 4.73. The second-order valence-electron chi connectivity index (χ2n) is 14.9. The lowest BCUT2D eigenvalue weighted by Crippen LogP contribution is -2.53. The van der Waals surface area contributed by atoms with E-state index >= 15 is 4.79 Å². The Kier molecular flexibility index (Phi) is 7.67. The van der Waals surface area contributed by atoms with E-state index in [1.807, 2.05) is 97.9 Å². The van der Waals surface area contributed by atoms with Gasteiger partial charge in [0.2, 0.25) is 11.8 Å². The molecule has 2 N–H and O–H groups in total. The van der Waals surface area contributed by atoms with Crippen LogP contribution in [0.15, 0.2) is 127 Å². The Morgan fingerprint density at radius 3 is 2.15 bits per heavy atom. The molecule has 5 aromatic carbocycles. The van der Waals surface area contributed by atoms with E-state index in [9.17, 15) is 24.3 Å². The average molecular weight is 716 g/mol. The Labute approximate surface area is 311 Å². The van der Waals surface area contributed by atoms with E-state index in [1.165, 1.54) is 11.8 Å². The maximum absolute atomic E-state index is 15.5. The van der Waals surface area contributed by atoms with Crippen molar-refractivity contribution >= 4 is 51.6 Å². The summed E-state index contributed by atoms with van der Waals surface area (Å²) in [5, 5.41) is 13.5. The van der Waals surface area contributed by atoms with Gasteiger partial charge in [0.15, 0.2) is 5.78 Å². The molecule has 0 bridgehead atoms. The van der Waals surface area contributed by atoms with E-state index in [0.717, 1.165) is 27.1 Å². The summed E-state index contributed by atoms with van der Waals surface area (Å²) in [6.45, 7) is 3.42. The number of benzene rings is 5. The average Bonchev–Trinajstić information content (AvgIpc) is 3.57. The number of amides is 4. The quantitative estimate of drug-likeness (QED) is 0.108. The minimum atomic E-state index is -1.43. The normalized spacial score (nSPS) is 26.0. The number of anilines is 2. The molecule has 3 fully saturated rings. The van der Waals surface area contributed by atoms with Gasteiger partial charge in [-0.05, 0) is 91.6 Å². The standard InChI is InChI=1S/C45H37N3O6/c1-25-12-16-29(17-13-25)46-48-42(52)37-24-36-34(20-21-35-39(36)43(53)47(41(35)51)30-18-14-27(15-19-30)26(2)49)40(45(37,44(48)54)28-8-4-3-5-9-28)33-22-23-38(50)32-11-7-6-10-31(32)33/h3-20,22-23,35-37,39-40,46,50H,21,24H2,1-2H3. The fourth-order valence-electron chi connectivity index (χ4n) is 9.75. The van der Waals surface area contributed by atoms with Crippen LogP contribution >= 0.6 is 0 Å². The molecule has 2 heterocycles. The maximum Gasteiger partial charge on any atom is 0.260 e. The number of imide groups is 2. The monoisotopic (exact) mass is 715 g/mol. The molecule has 2 saturated heterocycles. The van der Waals surface area contributed by atoms with Gasteiger partial charge in [-0.1, -0.05) is 90.0 Å². The highest BCUT2D eigenvalue weighted by molar-refractivity contribution is 6.23. The lowest BCUT2D eigenvalue weighted by atomic mass is 9.49. The van der Waals surface area contributed by atoms with Crippen molar-refractivity contribution < 1.29 is 29.1 Å². The number of phenolic OH excluding ortho intramolecular Hbond substituents is 1.